The number of nitrogens with zero attached hydrogens (tertiary/aromatic N) is 6. The van der Waals surface area contributed by atoms with Gasteiger partial charge in [0.1, 0.15) is 47.9 Å². The number of nitrogens with one attached hydrogen (secondary N) is 3. The average Bonchev–Trinajstić information content (AvgIpc) is 3.89. The summed E-state index contributed by atoms with van der Waals surface area (Å²) in [6.07, 6.45) is 6.76. The van der Waals surface area contributed by atoms with Crippen LogP contribution in [0.25, 0.3) is 0 Å². The van der Waals surface area contributed by atoms with E-state index in [-0.39, 0.29) is 5.28 Å². The van der Waals surface area contributed by atoms with E-state index >= 15 is 0 Å². The average molecular weight is 771 g/mol. The molecule has 0 amide bonds. The largest absolute Gasteiger partial charge is 0.492 e. The Balaban J connectivity index is 0.000000202. The number of halogens is 1. The molecule has 0 spiro atoms. The molecule has 0 aliphatic carbocycles. The van der Waals surface area contributed by atoms with E-state index in [1.807, 2.05) is 115 Å². The summed E-state index contributed by atoms with van der Waals surface area (Å²) in [5.74, 6) is 5.45. The molecule has 4 heterocycles. The van der Waals surface area contributed by atoms with Gasteiger partial charge in [-0.15, -0.1) is 0 Å². The Kier molecular flexibility index (Phi) is 17.1. The number of furan rings is 2. The Morgan fingerprint density at radius 3 is 1.65 bits per heavy atom. The fraction of sp³-hybridized carbons (Fsp3) is 0.300. The number of aromatic nitrogens is 4. The molecule has 55 heavy (non-hydrogen) atoms. The molecule has 0 unspecified atom stereocenters. The zero-order valence-electron chi connectivity index (χ0n) is 32.3. The number of ether oxygens (including phenoxy) is 2. The van der Waals surface area contributed by atoms with Crippen LogP contribution in [0.4, 0.5) is 29.0 Å². The molecule has 0 bridgehead atoms. The number of anilines is 5. The second-order valence-electron chi connectivity index (χ2n) is 12.8. The predicted molar refractivity (Wildman–Crippen MR) is 219 cm³/mol. The molecular formula is C40H51ClN10O4. The van der Waals surface area contributed by atoms with Gasteiger partial charge in [-0.05, 0) is 126 Å². The molecule has 0 fully saturated rings. The van der Waals surface area contributed by atoms with Crippen molar-refractivity contribution in [1.82, 2.24) is 29.7 Å². The van der Waals surface area contributed by atoms with E-state index in [4.69, 9.17) is 35.6 Å². The fourth-order valence-corrected chi connectivity index (χ4v) is 4.60. The van der Waals surface area contributed by atoms with Gasteiger partial charge >= 0.3 is 0 Å². The number of hydrogen-bond acceptors (Lipinski definition) is 14. The maximum atomic E-state index is 5.70. The lowest BCUT2D eigenvalue weighted by Crippen LogP contribution is -2.19. The van der Waals surface area contributed by atoms with Crippen LogP contribution in [0.5, 0.6) is 11.5 Å². The summed E-state index contributed by atoms with van der Waals surface area (Å²) in [7, 11) is 8.09. The van der Waals surface area contributed by atoms with Crippen molar-refractivity contribution >= 4 is 40.6 Å². The number of nitrogen functional groups attached to an aromatic ring is 1. The Morgan fingerprint density at radius 1 is 0.673 bits per heavy atom. The second kappa shape index (κ2) is 22.4. The molecule has 4 aromatic heterocycles. The fourth-order valence-electron chi connectivity index (χ4n) is 4.47. The SMILES string of the molecule is CN(C)CCOc1ccc(N)cc1.Cc1cnc(Cl)nc1NCc1ccco1.Cc1cnc(Nc2ccc(OCCN(C)C)cc2)nc1NCc1ccco1. The van der Waals surface area contributed by atoms with Crippen molar-refractivity contribution in [1.29, 1.82) is 0 Å². The van der Waals surface area contributed by atoms with Crippen molar-refractivity contribution in [2.45, 2.75) is 26.9 Å². The molecule has 0 aliphatic rings. The lowest BCUT2D eigenvalue weighted by molar-refractivity contribution is 0.261. The maximum absolute atomic E-state index is 5.70. The first-order chi connectivity index (χ1) is 26.5. The smallest absolute Gasteiger partial charge is 0.229 e. The van der Waals surface area contributed by atoms with E-state index < -0.39 is 0 Å². The van der Waals surface area contributed by atoms with E-state index in [0.29, 0.717) is 32.3 Å². The van der Waals surface area contributed by atoms with Crippen LogP contribution in [0, 0.1) is 13.8 Å². The normalized spacial score (nSPS) is 10.6. The Labute approximate surface area is 328 Å². The lowest BCUT2D eigenvalue weighted by Gasteiger charge is -2.12. The quantitative estimate of drug-likeness (QED) is 0.0564. The predicted octanol–water partition coefficient (Wildman–Crippen LogP) is 7.53. The highest BCUT2D eigenvalue weighted by Gasteiger charge is 2.07. The third kappa shape index (κ3) is 16.0. The van der Waals surface area contributed by atoms with Crippen LogP contribution in [0.3, 0.4) is 0 Å². The van der Waals surface area contributed by atoms with Gasteiger partial charge in [-0.1, -0.05) is 0 Å². The van der Waals surface area contributed by atoms with Gasteiger partial charge in [0.15, 0.2) is 0 Å². The van der Waals surface area contributed by atoms with Crippen LogP contribution >= 0.6 is 11.6 Å². The number of nitrogens with two attached hydrogens (primary N) is 1. The summed E-state index contributed by atoms with van der Waals surface area (Å²) in [5, 5.41) is 9.86. The van der Waals surface area contributed by atoms with Crippen molar-refractivity contribution in [3.05, 3.63) is 126 Å². The van der Waals surface area contributed by atoms with Crippen LogP contribution in [0.1, 0.15) is 22.6 Å². The van der Waals surface area contributed by atoms with Crippen LogP contribution in [0.15, 0.2) is 107 Å². The van der Waals surface area contributed by atoms with E-state index in [2.05, 4.69) is 45.7 Å². The first-order valence-corrected chi connectivity index (χ1v) is 18.0. The van der Waals surface area contributed by atoms with Gasteiger partial charge in [0, 0.05) is 48.0 Å². The van der Waals surface area contributed by atoms with Gasteiger partial charge < -0.3 is 49.8 Å². The number of rotatable bonds is 16. The Morgan fingerprint density at radius 2 is 1.16 bits per heavy atom. The minimum atomic E-state index is 0.238. The lowest BCUT2D eigenvalue weighted by atomic mass is 10.3. The summed E-state index contributed by atoms with van der Waals surface area (Å²) in [4.78, 5) is 21.0. The first kappa shape index (κ1) is 41.9. The van der Waals surface area contributed by atoms with Crippen LogP contribution < -0.4 is 31.2 Å². The molecule has 6 rings (SSSR count). The molecule has 6 aromatic rings. The molecule has 292 valence electrons. The van der Waals surface area contributed by atoms with Gasteiger partial charge in [-0.3, -0.25) is 0 Å². The van der Waals surface area contributed by atoms with Crippen molar-refractivity contribution in [3.63, 3.8) is 0 Å². The maximum Gasteiger partial charge on any atom is 0.229 e. The van der Waals surface area contributed by atoms with Crippen LogP contribution in [-0.2, 0) is 13.1 Å². The van der Waals surface area contributed by atoms with Gasteiger partial charge in [-0.2, -0.15) is 4.98 Å². The third-order valence-corrected chi connectivity index (χ3v) is 7.72. The van der Waals surface area contributed by atoms with Crippen molar-refractivity contribution < 1.29 is 18.3 Å². The van der Waals surface area contributed by atoms with Gasteiger partial charge in [0.2, 0.25) is 11.2 Å². The second-order valence-corrected chi connectivity index (χ2v) is 13.1. The Bertz CT molecular complexity index is 1940. The zero-order valence-corrected chi connectivity index (χ0v) is 33.0. The number of aryl methyl sites for hydroxylation is 2. The number of benzene rings is 2. The monoisotopic (exact) mass is 770 g/mol. The van der Waals surface area contributed by atoms with Gasteiger partial charge in [0.05, 0.1) is 25.6 Å². The minimum Gasteiger partial charge on any atom is -0.492 e. The Hall–Kier alpha value is -5.83. The van der Waals surface area contributed by atoms with E-state index in [1.165, 1.54) is 0 Å². The highest BCUT2D eigenvalue weighted by Crippen LogP contribution is 2.21. The molecule has 5 N–H and O–H groups in total. The van der Waals surface area contributed by atoms with Gasteiger partial charge in [-0.25, -0.2) is 15.0 Å². The summed E-state index contributed by atoms with van der Waals surface area (Å²) in [6, 6.07) is 22.7. The molecule has 0 saturated heterocycles. The van der Waals surface area contributed by atoms with Crippen LogP contribution in [0.2, 0.25) is 5.28 Å². The first-order valence-electron chi connectivity index (χ1n) is 17.7. The molecule has 0 aliphatic heterocycles. The van der Waals surface area contributed by atoms with Gasteiger partial charge in [0.25, 0.3) is 0 Å². The number of likely N-dealkylation sites (N-methyl/N-ethyl adjacent to an activating group) is 2. The molecule has 0 radical (unpaired) electrons. The van der Waals surface area contributed by atoms with Crippen molar-refractivity contribution in [2.24, 2.45) is 0 Å². The minimum absolute atomic E-state index is 0.238. The van der Waals surface area contributed by atoms with E-state index in [1.54, 1.807) is 24.9 Å². The van der Waals surface area contributed by atoms with Crippen LogP contribution in [-0.4, -0.2) is 84.2 Å². The van der Waals surface area contributed by atoms with E-state index in [9.17, 15) is 0 Å². The molecule has 0 atom stereocenters. The summed E-state index contributed by atoms with van der Waals surface area (Å²) >= 11 is 5.69. The summed E-state index contributed by atoms with van der Waals surface area (Å²) < 4.78 is 21.7. The topological polar surface area (TPSA) is 165 Å². The third-order valence-electron chi connectivity index (χ3n) is 7.54. The molecular weight excluding hydrogens is 720 g/mol. The standard InChI is InChI=1S/C20H25N5O2.C10H10ClN3O.C10H16N2O/c1-15-13-22-20(24-19(15)21-14-18-5-4-11-26-18)23-16-6-8-17(9-7-16)27-12-10-25(2)3;1-7-5-13-10(11)14-9(7)12-6-8-3-2-4-15-8;1-12(2)7-8-13-10-5-3-9(11)4-6-10/h4-9,11,13H,10,12,14H2,1-3H3,(H2,21,22,23,24);2-5H,6H2,1H3,(H,12,13,14);3-6H,7-8,11H2,1-2H3. The van der Waals surface area contributed by atoms with Crippen molar-refractivity contribution in [2.75, 3.05) is 76.2 Å². The molecule has 0 saturated carbocycles. The number of hydrogen-bond donors (Lipinski definition) is 4. The molecule has 15 heteroatoms. The molecule has 2 aromatic carbocycles. The highest BCUT2D eigenvalue weighted by atomic mass is 35.5. The van der Waals surface area contributed by atoms with E-state index in [0.717, 1.165) is 70.2 Å². The summed E-state index contributed by atoms with van der Waals surface area (Å²) in [5.41, 5.74) is 9.12. The summed E-state index contributed by atoms with van der Waals surface area (Å²) in [6.45, 7) is 8.21. The van der Waals surface area contributed by atoms with Crippen molar-refractivity contribution in [3.8, 4) is 11.5 Å². The highest BCUT2D eigenvalue weighted by molar-refractivity contribution is 6.28. The zero-order chi connectivity index (χ0) is 39.4. The molecule has 14 nitrogen and oxygen atoms in total.